The Morgan fingerprint density at radius 2 is 2.03 bits per heavy atom. The van der Waals surface area contributed by atoms with Gasteiger partial charge in [-0.3, -0.25) is 4.99 Å². The number of hydrogen-bond donors (Lipinski definition) is 2. The van der Waals surface area contributed by atoms with E-state index in [1.807, 2.05) is 29.1 Å². The van der Waals surface area contributed by atoms with Crippen molar-refractivity contribution in [3.8, 4) is 5.69 Å². The average molecular weight is 538 g/mol. The van der Waals surface area contributed by atoms with Crippen LogP contribution in [0.4, 0.5) is 5.82 Å². The van der Waals surface area contributed by atoms with E-state index < -0.39 is 0 Å². The molecule has 1 saturated heterocycles. The van der Waals surface area contributed by atoms with E-state index in [0.29, 0.717) is 17.6 Å². The van der Waals surface area contributed by atoms with Crippen LogP contribution in [0.25, 0.3) is 5.69 Å². The number of pyridine rings is 1. The number of aromatic nitrogens is 3. The summed E-state index contributed by atoms with van der Waals surface area (Å²) in [6.07, 6.45) is 6.49. The van der Waals surface area contributed by atoms with Crippen LogP contribution in [0.2, 0.25) is 5.02 Å². The van der Waals surface area contributed by atoms with Crippen molar-refractivity contribution < 1.29 is 0 Å². The predicted octanol–water partition coefficient (Wildman–Crippen LogP) is 3.48. The molecule has 9 heteroatoms. The average Bonchev–Trinajstić information content (AvgIpc) is 3.44. The highest BCUT2D eigenvalue weighted by Crippen LogP contribution is 2.25. The normalized spacial score (nSPS) is 16.3. The van der Waals surface area contributed by atoms with E-state index in [-0.39, 0.29) is 24.0 Å². The molecule has 3 aromatic rings. The van der Waals surface area contributed by atoms with E-state index in [1.165, 1.54) is 5.56 Å². The van der Waals surface area contributed by atoms with Gasteiger partial charge in [0.25, 0.3) is 0 Å². The summed E-state index contributed by atoms with van der Waals surface area (Å²) in [5, 5.41) is 11.8. The largest absolute Gasteiger partial charge is 0.353 e. The molecule has 2 aromatic heterocycles. The minimum atomic E-state index is 0. The number of aliphatic imine (C=N–C) groups is 1. The maximum atomic E-state index is 6.28. The monoisotopic (exact) mass is 537 g/mol. The van der Waals surface area contributed by atoms with Crippen molar-refractivity contribution in [3.63, 3.8) is 0 Å². The second-order valence-electron chi connectivity index (χ2n) is 6.93. The SMILES string of the molecule is CN=C(NCc1ccc(-n2cccn2)cc1)NC1CCN(c2ncccc2Cl)C1.I. The van der Waals surface area contributed by atoms with Crippen LogP contribution in [-0.4, -0.2) is 46.9 Å². The van der Waals surface area contributed by atoms with E-state index in [1.54, 1.807) is 19.4 Å². The summed E-state index contributed by atoms with van der Waals surface area (Å²) < 4.78 is 1.84. The van der Waals surface area contributed by atoms with Gasteiger partial charge in [0.2, 0.25) is 0 Å². The van der Waals surface area contributed by atoms with Gasteiger partial charge in [0.1, 0.15) is 5.82 Å². The summed E-state index contributed by atoms with van der Waals surface area (Å²) in [7, 11) is 1.79. The zero-order chi connectivity index (χ0) is 20.1. The molecule has 1 aromatic carbocycles. The second-order valence-corrected chi connectivity index (χ2v) is 7.33. The van der Waals surface area contributed by atoms with E-state index in [2.05, 4.69) is 54.9 Å². The smallest absolute Gasteiger partial charge is 0.191 e. The molecule has 0 radical (unpaired) electrons. The molecule has 0 bridgehead atoms. The lowest BCUT2D eigenvalue weighted by atomic mass is 10.2. The molecular formula is C21H25ClIN7. The summed E-state index contributed by atoms with van der Waals surface area (Å²) in [5.74, 6) is 1.64. The molecule has 3 heterocycles. The van der Waals surface area contributed by atoms with Gasteiger partial charge >= 0.3 is 0 Å². The Labute approximate surface area is 198 Å². The highest BCUT2D eigenvalue weighted by molar-refractivity contribution is 14.0. The Bertz CT molecular complexity index is 960. The Morgan fingerprint density at radius 1 is 1.20 bits per heavy atom. The van der Waals surface area contributed by atoms with Crippen LogP contribution >= 0.6 is 35.6 Å². The third kappa shape index (κ3) is 5.42. The van der Waals surface area contributed by atoms with Crippen molar-refractivity contribution >= 4 is 47.4 Å². The van der Waals surface area contributed by atoms with Crippen LogP contribution in [0.5, 0.6) is 0 Å². The molecule has 1 fully saturated rings. The number of anilines is 1. The summed E-state index contributed by atoms with van der Waals surface area (Å²) in [5.41, 5.74) is 2.22. The molecule has 7 nitrogen and oxygen atoms in total. The number of guanidine groups is 1. The molecule has 0 saturated carbocycles. The maximum Gasteiger partial charge on any atom is 0.191 e. The van der Waals surface area contributed by atoms with E-state index in [4.69, 9.17) is 11.6 Å². The Hall–Kier alpha value is -2.33. The molecule has 4 rings (SSSR count). The quantitative estimate of drug-likeness (QED) is 0.296. The van der Waals surface area contributed by atoms with Gasteiger partial charge in [0.15, 0.2) is 5.96 Å². The lowest BCUT2D eigenvalue weighted by molar-refractivity contribution is 0.648. The molecule has 0 spiro atoms. The van der Waals surface area contributed by atoms with Crippen LogP contribution < -0.4 is 15.5 Å². The first kappa shape index (κ1) is 22.4. The van der Waals surface area contributed by atoms with Gasteiger partial charge in [-0.05, 0) is 42.3 Å². The van der Waals surface area contributed by atoms with Crippen LogP contribution in [0.3, 0.4) is 0 Å². The summed E-state index contributed by atoms with van der Waals surface area (Å²) in [6.45, 7) is 2.46. The molecule has 0 aliphatic carbocycles. The lowest BCUT2D eigenvalue weighted by Crippen LogP contribution is -2.44. The number of nitrogens with zero attached hydrogens (tertiary/aromatic N) is 5. The summed E-state index contributed by atoms with van der Waals surface area (Å²) in [4.78, 5) is 11.0. The zero-order valence-electron chi connectivity index (χ0n) is 16.7. The number of nitrogens with one attached hydrogen (secondary N) is 2. The lowest BCUT2D eigenvalue weighted by Gasteiger charge is -2.20. The van der Waals surface area contributed by atoms with Crippen LogP contribution in [0.15, 0.2) is 66.0 Å². The summed E-state index contributed by atoms with van der Waals surface area (Å²) >= 11 is 6.28. The van der Waals surface area contributed by atoms with Gasteiger partial charge in [-0.2, -0.15) is 5.10 Å². The standard InChI is InChI=1S/C21H24ClN7.HI/c1-23-21(25-14-16-5-7-18(8-6-16)29-12-3-11-26-29)27-17-9-13-28(15-17)20-19(22)4-2-10-24-20;/h2-8,10-12,17H,9,13-15H2,1H3,(H2,23,25,27);1H. The van der Waals surface area contributed by atoms with Crippen molar-refractivity contribution in [2.45, 2.75) is 19.0 Å². The van der Waals surface area contributed by atoms with Crippen molar-refractivity contribution in [2.75, 3.05) is 25.0 Å². The second kappa shape index (κ2) is 10.6. The zero-order valence-corrected chi connectivity index (χ0v) is 19.8. The van der Waals surface area contributed by atoms with E-state index >= 15 is 0 Å². The van der Waals surface area contributed by atoms with Crippen molar-refractivity contribution in [3.05, 3.63) is 71.6 Å². The fraction of sp³-hybridized carbons (Fsp3) is 0.286. The van der Waals surface area contributed by atoms with Gasteiger partial charge < -0.3 is 15.5 Å². The number of hydrogen-bond acceptors (Lipinski definition) is 4. The number of benzene rings is 1. The van der Waals surface area contributed by atoms with Gasteiger partial charge in [-0.1, -0.05) is 23.7 Å². The van der Waals surface area contributed by atoms with Crippen molar-refractivity contribution in [1.29, 1.82) is 0 Å². The number of halogens is 2. The molecule has 2 N–H and O–H groups in total. The third-order valence-electron chi connectivity index (χ3n) is 4.96. The topological polar surface area (TPSA) is 70.4 Å². The van der Waals surface area contributed by atoms with Crippen LogP contribution in [-0.2, 0) is 6.54 Å². The molecule has 1 atom stereocenters. The van der Waals surface area contributed by atoms with Crippen molar-refractivity contribution in [1.82, 2.24) is 25.4 Å². The Balaban J connectivity index is 0.00000256. The highest BCUT2D eigenvalue weighted by atomic mass is 127. The third-order valence-corrected chi connectivity index (χ3v) is 5.25. The van der Waals surface area contributed by atoms with Crippen LogP contribution in [0.1, 0.15) is 12.0 Å². The molecular weight excluding hydrogens is 513 g/mol. The fourth-order valence-corrected chi connectivity index (χ4v) is 3.68. The molecule has 1 aliphatic heterocycles. The van der Waals surface area contributed by atoms with Crippen molar-refractivity contribution in [2.24, 2.45) is 4.99 Å². The molecule has 30 heavy (non-hydrogen) atoms. The molecule has 158 valence electrons. The minimum Gasteiger partial charge on any atom is -0.353 e. The van der Waals surface area contributed by atoms with E-state index in [9.17, 15) is 0 Å². The maximum absolute atomic E-state index is 6.28. The first-order valence-corrected chi connectivity index (χ1v) is 10.0. The van der Waals surface area contributed by atoms with Crippen LogP contribution in [0, 0.1) is 0 Å². The van der Waals surface area contributed by atoms with E-state index in [0.717, 1.165) is 37.0 Å². The number of rotatable bonds is 5. The minimum absolute atomic E-state index is 0. The first-order valence-electron chi connectivity index (χ1n) is 9.64. The Morgan fingerprint density at radius 3 is 2.73 bits per heavy atom. The Kier molecular flexibility index (Phi) is 7.92. The van der Waals surface area contributed by atoms with Gasteiger partial charge in [0, 0.05) is 51.3 Å². The van der Waals surface area contributed by atoms with Gasteiger partial charge in [-0.15, -0.1) is 24.0 Å². The molecule has 0 amide bonds. The fourth-order valence-electron chi connectivity index (χ4n) is 3.44. The highest BCUT2D eigenvalue weighted by Gasteiger charge is 2.25. The molecule has 1 unspecified atom stereocenters. The summed E-state index contributed by atoms with van der Waals surface area (Å²) in [6, 6.07) is 14.2. The van der Waals surface area contributed by atoms with Gasteiger partial charge in [0.05, 0.1) is 10.7 Å². The van der Waals surface area contributed by atoms with Gasteiger partial charge in [-0.25, -0.2) is 9.67 Å². The predicted molar refractivity (Wildman–Crippen MR) is 132 cm³/mol. The molecule has 1 aliphatic rings. The first-order chi connectivity index (χ1) is 14.2.